The highest BCUT2D eigenvalue weighted by molar-refractivity contribution is 7.09. The standard InChI is InChI=1S/C11H16N2O2S/c14-11(15)9(10-12-5-8-16-10)13-6-3-1-2-4-7-13/h5,8-9H,1-4,6-7H2,(H,14,15). The molecule has 1 N–H and O–H groups in total. The molecule has 4 nitrogen and oxygen atoms in total. The van der Waals surface area contributed by atoms with Crippen molar-refractivity contribution in [1.29, 1.82) is 0 Å². The van der Waals surface area contributed by atoms with Gasteiger partial charge in [0.05, 0.1) is 0 Å². The lowest BCUT2D eigenvalue weighted by Gasteiger charge is -2.25. The Hall–Kier alpha value is -0.940. The lowest BCUT2D eigenvalue weighted by Crippen LogP contribution is -2.34. The van der Waals surface area contributed by atoms with Crippen molar-refractivity contribution in [2.45, 2.75) is 31.7 Å². The van der Waals surface area contributed by atoms with E-state index in [2.05, 4.69) is 4.98 Å². The molecule has 1 aromatic rings. The summed E-state index contributed by atoms with van der Waals surface area (Å²) in [5, 5.41) is 11.9. The van der Waals surface area contributed by atoms with Crippen LogP contribution in [0.15, 0.2) is 11.6 Å². The van der Waals surface area contributed by atoms with E-state index in [1.54, 1.807) is 6.20 Å². The van der Waals surface area contributed by atoms with E-state index < -0.39 is 12.0 Å². The first-order valence-electron chi connectivity index (χ1n) is 5.65. The van der Waals surface area contributed by atoms with E-state index >= 15 is 0 Å². The summed E-state index contributed by atoms with van der Waals surface area (Å²) in [5.74, 6) is -0.781. The first-order valence-corrected chi connectivity index (χ1v) is 6.53. The first-order chi connectivity index (χ1) is 7.79. The first kappa shape index (κ1) is 11.5. The maximum Gasteiger partial charge on any atom is 0.328 e. The van der Waals surface area contributed by atoms with Crippen LogP contribution in [-0.2, 0) is 4.79 Å². The van der Waals surface area contributed by atoms with E-state index in [9.17, 15) is 9.90 Å². The van der Waals surface area contributed by atoms with Gasteiger partial charge in [0.2, 0.25) is 0 Å². The van der Waals surface area contributed by atoms with Crippen molar-refractivity contribution in [3.63, 3.8) is 0 Å². The summed E-state index contributed by atoms with van der Waals surface area (Å²) < 4.78 is 0. The Morgan fingerprint density at radius 1 is 1.38 bits per heavy atom. The van der Waals surface area contributed by atoms with Crippen molar-refractivity contribution >= 4 is 17.3 Å². The molecule has 0 bridgehead atoms. The van der Waals surface area contributed by atoms with Crippen molar-refractivity contribution in [3.05, 3.63) is 16.6 Å². The Balaban J connectivity index is 2.15. The summed E-state index contributed by atoms with van der Waals surface area (Å²) in [5.41, 5.74) is 0. The van der Waals surface area contributed by atoms with Gasteiger partial charge in [0.15, 0.2) is 6.04 Å². The number of hydrogen-bond acceptors (Lipinski definition) is 4. The number of aliphatic carboxylic acids is 1. The fourth-order valence-electron chi connectivity index (χ4n) is 2.14. The molecule has 2 rings (SSSR count). The number of likely N-dealkylation sites (tertiary alicyclic amines) is 1. The van der Waals surface area contributed by atoms with Crippen LogP contribution in [0.5, 0.6) is 0 Å². The molecule has 88 valence electrons. The number of carboxylic acids is 1. The van der Waals surface area contributed by atoms with Gasteiger partial charge in [0, 0.05) is 11.6 Å². The second-order valence-electron chi connectivity index (χ2n) is 4.06. The van der Waals surface area contributed by atoms with Crippen molar-refractivity contribution in [2.75, 3.05) is 13.1 Å². The smallest absolute Gasteiger partial charge is 0.328 e. The van der Waals surface area contributed by atoms with Crippen molar-refractivity contribution < 1.29 is 9.90 Å². The maximum atomic E-state index is 11.3. The number of nitrogens with zero attached hydrogens (tertiary/aromatic N) is 2. The molecular formula is C11H16N2O2S. The molecule has 2 heterocycles. The molecule has 5 heteroatoms. The monoisotopic (exact) mass is 240 g/mol. The van der Waals surface area contributed by atoms with E-state index in [0.717, 1.165) is 25.9 Å². The number of aromatic nitrogens is 1. The van der Waals surface area contributed by atoms with Crippen LogP contribution < -0.4 is 0 Å². The second kappa shape index (κ2) is 5.41. The molecule has 1 fully saturated rings. The van der Waals surface area contributed by atoms with Crippen LogP contribution >= 0.6 is 11.3 Å². The SMILES string of the molecule is O=C(O)C(c1nccs1)N1CCCCCC1. The Kier molecular flexibility index (Phi) is 3.90. The predicted octanol–water partition coefficient (Wildman–Crippen LogP) is 2.14. The quantitative estimate of drug-likeness (QED) is 0.879. The average molecular weight is 240 g/mol. The average Bonchev–Trinajstić information content (AvgIpc) is 2.62. The van der Waals surface area contributed by atoms with Gasteiger partial charge >= 0.3 is 5.97 Å². The van der Waals surface area contributed by atoms with Crippen LogP contribution in [-0.4, -0.2) is 34.0 Å². The van der Waals surface area contributed by atoms with Crippen molar-refractivity contribution in [1.82, 2.24) is 9.88 Å². The lowest BCUT2D eigenvalue weighted by molar-refractivity contribution is -0.143. The van der Waals surface area contributed by atoms with E-state index in [-0.39, 0.29) is 0 Å². The minimum absolute atomic E-state index is 0.543. The number of rotatable bonds is 3. The maximum absolute atomic E-state index is 11.3. The minimum Gasteiger partial charge on any atom is -0.480 e. The molecule has 1 unspecified atom stereocenters. The van der Waals surface area contributed by atoms with Gasteiger partial charge in [-0.05, 0) is 25.9 Å². The van der Waals surface area contributed by atoms with Crippen LogP contribution in [0, 0.1) is 0 Å². The molecule has 0 aliphatic carbocycles. The Morgan fingerprint density at radius 2 is 2.06 bits per heavy atom. The molecular weight excluding hydrogens is 224 g/mol. The fraction of sp³-hybridized carbons (Fsp3) is 0.636. The van der Waals surface area contributed by atoms with Gasteiger partial charge in [-0.15, -0.1) is 11.3 Å². The Bertz CT molecular complexity index is 332. The zero-order chi connectivity index (χ0) is 11.4. The lowest BCUT2D eigenvalue weighted by atomic mass is 10.2. The third-order valence-corrected chi connectivity index (χ3v) is 3.75. The fourth-order valence-corrected chi connectivity index (χ4v) is 2.90. The van der Waals surface area contributed by atoms with Gasteiger partial charge in [0.1, 0.15) is 5.01 Å². The van der Waals surface area contributed by atoms with Gasteiger partial charge in [-0.2, -0.15) is 0 Å². The summed E-state index contributed by atoms with van der Waals surface area (Å²) in [6, 6.07) is -0.543. The van der Waals surface area contributed by atoms with Gasteiger partial charge in [-0.1, -0.05) is 12.8 Å². The number of thiazole rings is 1. The van der Waals surface area contributed by atoms with Crippen LogP contribution in [0.2, 0.25) is 0 Å². The summed E-state index contributed by atoms with van der Waals surface area (Å²) in [4.78, 5) is 17.5. The predicted molar refractivity (Wildman–Crippen MR) is 62.5 cm³/mol. The van der Waals surface area contributed by atoms with Crippen molar-refractivity contribution in [2.24, 2.45) is 0 Å². The van der Waals surface area contributed by atoms with Gasteiger partial charge in [0.25, 0.3) is 0 Å². The molecule has 0 amide bonds. The van der Waals surface area contributed by atoms with E-state index in [1.165, 1.54) is 24.2 Å². The Labute approximate surface area is 98.9 Å². The molecule has 16 heavy (non-hydrogen) atoms. The summed E-state index contributed by atoms with van der Waals surface area (Å²) in [6.07, 6.45) is 6.28. The topological polar surface area (TPSA) is 53.4 Å². The van der Waals surface area contributed by atoms with E-state index in [4.69, 9.17) is 0 Å². The highest BCUT2D eigenvalue weighted by atomic mass is 32.1. The van der Waals surface area contributed by atoms with Crippen LogP contribution in [0.3, 0.4) is 0 Å². The molecule has 0 spiro atoms. The highest BCUT2D eigenvalue weighted by Crippen LogP contribution is 2.25. The van der Waals surface area contributed by atoms with Crippen molar-refractivity contribution in [3.8, 4) is 0 Å². The highest BCUT2D eigenvalue weighted by Gasteiger charge is 2.29. The van der Waals surface area contributed by atoms with Crippen LogP contribution in [0.4, 0.5) is 0 Å². The number of carbonyl (C=O) groups is 1. The third kappa shape index (κ3) is 2.59. The van der Waals surface area contributed by atoms with E-state index in [1.807, 2.05) is 10.3 Å². The molecule has 1 saturated heterocycles. The van der Waals surface area contributed by atoms with Crippen LogP contribution in [0.25, 0.3) is 0 Å². The normalized spacial score (nSPS) is 20.2. The summed E-state index contributed by atoms with van der Waals surface area (Å²) >= 11 is 1.43. The second-order valence-corrected chi connectivity index (χ2v) is 4.99. The molecule has 1 atom stereocenters. The third-order valence-electron chi connectivity index (χ3n) is 2.93. The summed E-state index contributed by atoms with van der Waals surface area (Å²) in [6.45, 7) is 1.74. The molecule has 0 radical (unpaired) electrons. The van der Waals surface area contributed by atoms with Gasteiger partial charge in [-0.25, -0.2) is 4.98 Å². The zero-order valence-electron chi connectivity index (χ0n) is 9.13. The number of hydrogen-bond donors (Lipinski definition) is 1. The molecule has 0 saturated carbocycles. The van der Waals surface area contributed by atoms with Gasteiger partial charge < -0.3 is 5.11 Å². The largest absolute Gasteiger partial charge is 0.480 e. The Morgan fingerprint density at radius 3 is 2.56 bits per heavy atom. The summed E-state index contributed by atoms with van der Waals surface area (Å²) in [7, 11) is 0. The zero-order valence-corrected chi connectivity index (χ0v) is 9.95. The molecule has 1 aliphatic heterocycles. The van der Waals surface area contributed by atoms with Gasteiger partial charge in [-0.3, -0.25) is 9.69 Å². The molecule has 0 aromatic carbocycles. The minimum atomic E-state index is -0.781. The number of carboxylic acid groups (broad SMARTS) is 1. The molecule has 1 aromatic heterocycles. The molecule has 1 aliphatic rings. The van der Waals surface area contributed by atoms with Crippen LogP contribution in [0.1, 0.15) is 36.7 Å². The van der Waals surface area contributed by atoms with E-state index in [0.29, 0.717) is 5.01 Å².